The van der Waals surface area contributed by atoms with E-state index in [0.717, 1.165) is 20.9 Å². The van der Waals surface area contributed by atoms with E-state index in [0.29, 0.717) is 0 Å². The Bertz CT molecular complexity index is 466. The van der Waals surface area contributed by atoms with Crippen LogP contribution in [0.25, 0.3) is 10.9 Å². The van der Waals surface area contributed by atoms with Crippen molar-refractivity contribution < 1.29 is 0 Å². The molecule has 0 fully saturated rings. The number of pyridine rings is 1. The first-order chi connectivity index (χ1) is 6.66. The van der Waals surface area contributed by atoms with Crippen molar-refractivity contribution in [2.24, 2.45) is 5.73 Å². The number of nitrogens with zero attached hydrogens (tertiary/aromatic N) is 1. The summed E-state index contributed by atoms with van der Waals surface area (Å²) in [6.45, 7) is 1.98. The Labute approximate surface area is 91.3 Å². The minimum absolute atomic E-state index is 0.0679. The Morgan fingerprint density at radius 3 is 2.86 bits per heavy atom. The highest BCUT2D eigenvalue weighted by Crippen LogP contribution is 2.20. The standard InChI is InChI=1S/C11H11BrN2/c1-7(13)8-2-3-11-9(4-8)5-10(12)6-14-11/h2-7H,13H2,1H3/t7-/m0/s1. The van der Waals surface area contributed by atoms with Crippen molar-refractivity contribution in [3.63, 3.8) is 0 Å². The molecule has 0 aliphatic rings. The molecule has 0 unspecified atom stereocenters. The zero-order chi connectivity index (χ0) is 10.1. The summed E-state index contributed by atoms with van der Waals surface area (Å²) in [7, 11) is 0. The lowest BCUT2D eigenvalue weighted by Crippen LogP contribution is -2.04. The number of hydrogen-bond donors (Lipinski definition) is 1. The van der Waals surface area contributed by atoms with Crippen LogP contribution in [-0.2, 0) is 0 Å². The van der Waals surface area contributed by atoms with Gasteiger partial charge in [-0.1, -0.05) is 6.07 Å². The molecule has 0 radical (unpaired) electrons. The predicted molar refractivity (Wildman–Crippen MR) is 62.0 cm³/mol. The summed E-state index contributed by atoms with van der Waals surface area (Å²) in [6, 6.07) is 8.22. The molecule has 1 heterocycles. The molecule has 1 atom stereocenters. The van der Waals surface area contributed by atoms with Crippen LogP contribution >= 0.6 is 15.9 Å². The molecule has 2 nitrogen and oxygen atoms in total. The minimum atomic E-state index is 0.0679. The zero-order valence-corrected chi connectivity index (χ0v) is 9.45. The van der Waals surface area contributed by atoms with Crippen molar-refractivity contribution >= 4 is 26.8 Å². The molecule has 1 aromatic carbocycles. The normalized spacial score (nSPS) is 13.1. The van der Waals surface area contributed by atoms with Gasteiger partial charge >= 0.3 is 0 Å². The number of hydrogen-bond acceptors (Lipinski definition) is 2. The quantitative estimate of drug-likeness (QED) is 0.846. The molecule has 2 N–H and O–H groups in total. The molecule has 2 aromatic rings. The average Bonchev–Trinajstić information content (AvgIpc) is 2.16. The van der Waals surface area contributed by atoms with E-state index in [4.69, 9.17) is 5.73 Å². The molecule has 3 heteroatoms. The topological polar surface area (TPSA) is 38.9 Å². The van der Waals surface area contributed by atoms with Crippen LogP contribution in [0.4, 0.5) is 0 Å². The third kappa shape index (κ3) is 1.79. The average molecular weight is 251 g/mol. The minimum Gasteiger partial charge on any atom is -0.324 e. The molecule has 0 saturated carbocycles. The summed E-state index contributed by atoms with van der Waals surface area (Å²) in [4.78, 5) is 4.29. The van der Waals surface area contributed by atoms with Gasteiger partial charge in [0, 0.05) is 22.1 Å². The summed E-state index contributed by atoms with van der Waals surface area (Å²) in [5.74, 6) is 0. The maximum Gasteiger partial charge on any atom is 0.0703 e. The first-order valence-corrected chi connectivity index (χ1v) is 5.27. The van der Waals surface area contributed by atoms with Gasteiger partial charge in [0.05, 0.1) is 5.52 Å². The first-order valence-electron chi connectivity index (χ1n) is 4.47. The lowest BCUT2D eigenvalue weighted by atomic mass is 10.1. The van der Waals surface area contributed by atoms with Crippen LogP contribution in [0.2, 0.25) is 0 Å². The van der Waals surface area contributed by atoms with E-state index in [-0.39, 0.29) is 6.04 Å². The fourth-order valence-electron chi connectivity index (χ4n) is 1.41. The third-order valence-electron chi connectivity index (χ3n) is 2.20. The van der Waals surface area contributed by atoms with Gasteiger partial charge in [0.25, 0.3) is 0 Å². The fourth-order valence-corrected chi connectivity index (χ4v) is 1.76. The van der Waals surface area contributed by atoms with Crippen LogP contribution in [0.5, 0.6) is 0 Å². The maximum atomic E-state index is 5.81. The van der Waals surface area contributed by atoms with E-state index in [1.807, 2.05) is 25.1 Å². The number of rotatable bonds is 1. The van der Waals surface area contributed by atoms with Crippen LogP contribution in [0, 0.1) is 0 Å². The number of fused-ring (bicyclic) bond motifs is 1. The number of benzene rings is 1. The van der Waals surface area contributed by atoms with Crippen molar-refractivity contribution in [3.05, 3.63) is 40.5 Å². The van der Waals surface area contributed by atoms with E-state index >= 15 is 0 Å². The fraction of sp³-hybridized carbons (Fsp3) is 0.182. The summed E-state index contributed by atoms with van der Waals surface area (Å²) in [6.07, 6.45) is 1.80. The van der Waals surface area contributed by atoms with Gasteiger partial charge in [-0.2, -0.15) is 0 Å². The Kier molecular flexibility index (Phi) is 2.52. The molecule has 72 valence electrons. The summed E-state index contributed by atoms with van der Waals surface area (Å²) >= 11 is 3.40. The molecule has 0 spiro atoms. The lowest BCUT2D eigenvalue weighted by Gasteiger charge is -2.06. The van der Waals surface area contributed by atoms with Gasteiger partial charge in [-0.05, 0) is 46.6 Å². The number of nitrogens with two attached hydrogens (primary N) is 1. The van der Waals surface area contributed by atoms with Crippen molar-refractivity contribution in [2.75, 3.05) is 0 Å². The summed E-state index contributed by atoms with van der Waals surface area (Å²) in [5.41, 5.74) is 7.94. The van der Waals surface area contributed by atoms with Gasteiger partial charge in [-0.3, -0.25) is 4.98 Å². The largest absolute Gasteiger partial charge is 0.324 e. The molecule has 1 aromatic heterocycles. The monoisotopic (exact) mass is 250 g/mol. The van der Waals surface area contributed by atoms with Crippen molar-refractivity contribution in [3.8, 4) is 0 Å². The van der Waals surface area contributed by atoms with Gasteiger partial charge in [0.1, 0.15) is 0 Å². The number of halogens is 1. The molecule has 0 amide bonds. The second-order valence-corrected chi connectivity index (χ2v) is 4.31. The van der Waals surface area contributed by atoms with E-state index in [9.17, 15) is 0 Å². The third-order valence-corrected chi connectivity index (χ3v) is 2.63. The van der Waals surface area contributed by atoms with Gasteiger partial charge in [-0.25, -0.2) is 0 Å². The number of aromatic nitrogens is 1. The second-order valence-electron chi connectivity index (χ2n) is 3.39. The molecule has 2 rings (SSSR count). The molecule has 0 bridgehead atoms. The van der Waals surface area contributed by atoms with Crippen LogP contribution in [0.3, 0.4) is 0 Å². The van der Waals surface area contributed by atoms with E-state index in [1.54, 1.807) is 6.20 Å². The predicted octanol–water partition coefficient (Wildman–Crippen LogP) is 3.02. The smallest absolute Gasteiger partial charge is 0.0703 e. The highest BCUT2D eigenvalue weighted by atomic mass is 79.9. The molecular formula is C11H11BrN2. The molecule has 0 aliphatic heterocycles. The lowest BCUT2D eigenvalue weighted by molar-refractivity contribution is 0.820. The Morgan fingerprint density at radius 2 is 2.14 bits per heavy atom. The van der Waals surface area contributed by atoms with Crippen molar-refractivity contribution in [2.45, 2.75) is 13.0 Å². The highest BCUT2D eigenvalue weighted by molar-refractivity contribution is 9.10. The van der Waals surface area contributed by atoms with E-state index < -0.39 is 0 Å². The van der Waals surface area contributed by atoms with E-state index in [1.165, 1.54) is 0 Å². The Morgan fingerprint density at radius 1 is 1.36 bits per heavy atom. The van der Waals surface area contributed by atoms with Crippen LogP contribution in [0.15, 0.2) is 34.9 Å². The van der Waals surface area contributed by atoms with Crippen LogP contribution in [-0.4, -0.2) is 4.98 Å². The SMILES string of the molecule is C[C@H](N)c1ccc2ncc(Br)cc2c1. The van der Waals surface area contributed by atoms with Crippen LogP contribution < -0.4 is 5.73 Å². The Balaban J connectivity index is 2.63. The molecule has 0 aliphatic carbocycles. The van der Waals surface area contributed by atoms with Crippen LogP contribution in [0.1, 0.15) is 18.5 Å². The van der Waals surface area contributed by atoms with Crippen molar-refractivity contribution in [1.29, 1.82) is 0 Å². The second kappa shape index (κ2) is 3.67. The summed E-state index contributed by atoms with van der Waals surface area (Å²) in [5, 5.41) is 1.12. The van der Waals surface area contributed by atoms with Gasteiger partial charge in [0.2, 0.25) is 0 Å². The molecule has 0 saturated heterocycles. The van der Waals surface area contributed by atoms with E-state index in [2.05, 4.69) is 27.0 Å². The first kappa shape index (κ1) is 9.62. The Hall–Kier alpha value is -0.930. The van der Waals surface area contributed by atoms with Crippen molar-refractivity contribution in [1.82, 2.24) is 4.98 Å². The van der Waals surface area contributed by atoms with Gasteiger partial charge in [-0.15, -0.1) is 0 Å². The van der Waals surface area contributed by atoms with Gasteiger partial charge < -0.3 is 5.73 Å². The maximum absolute atomic E-state index is 5.81. The van der Waals surface area contributed by atoms with Gasteiger partial charge in [0.15, 0.2) is 0 Å². The molecular weight excluding hydrogens is 240 g/mol. The summed E-state index contributed by atoms with van der Waals surface area (Å²) < 4.78 is 0.992. The molecule has 14 heavy (non-hydrogen) atoms. The highest BCUT2D eigenvalue weighted by Gasteiger charge is 2.01. The zero-order valence-electron chi connectivity index (χ0n) is 7.87.